The van der Waals surface area contributed by atoms with Crippen molar-refractivity contribution in [1.82, 2.24) is 0 Å². The van der Waals surface area contributed by atoms with Crippen molar-refractivity contribution in [2.75, 3.05) is 6.61 Å². The summed E-state index contributed by atoms with van der Waals surface area (Å²) >= 11 is 0. The first kappa shape index (κ1) is 26.0. The van der Waals surface area contributed by atoms with E-state index in [9.17, 15) is 4.79 Å². The van der Waals surface area contributed by atoms with Gasteiger partial charge in [-0.3, -0.25) is 0 Å². The van der Waals surface area contributed by atoms with Gasteiger partial charge in [0.2, 0.25) is 0 Å². The molecule has 0 fully saturated rings. The van der Waals surface area contributed by atoms with Crippen molar-refractivity contribution in [2.45, 2.75) is 122 Å². The molecule has 0 saturated carbocycles. The third-order valence-corrected chi connectivity index (χ3v) is 5.05. The summed E-state index contributed by atoms with van der Waals surface area (Å²) in [7, 11) is 0. The van der Waals surface area contributed by atoms with Crippen molar-refractivity contribution < 1.29 is 9.53 Å². The minimum Gasteiger partial charge on any atom is -0.463 e. The first-order chi connectivity index (χ1) is 13.3. The maximum Gasteiger partial charge on any atom is 0.330 e. The average Bonchev–Trinajstić information content (AvgIpc) is 2.68. The molecular weight excluding hydrogens is 332 g/mol. The SMILES string of the molecule is C=CC(=O)OCCCCCCCCCCCCCCCCC/C=C/CCC. The lowest BCUT2D eigenvalue weighted by molar-refractivity contribution is -0.137. The Morgan fingerprint density at radius 1 is 0.667 bits per heavy atom. The molecule has 0 spiro atoms. The molecule has 27 heavy (non-hydrogen) atoms. The average molecular weight is 379 g/mol. The first-order valence-corrected chi connectivity index (χ1v) is 11.8. The molecule has 158 valence electrons. The molecule has 0 bridgehead atoms. The van der Waals surface area contributed by atoms with E-state index < -0.39 is 0 Å². The van der Waals surface area contributed by atoms with Crippen LogP contribution in [0.15, 0.2) is 24.8 Å². The zero-order valence-corrected chi connectivity index (χ0v) is 18.2. The van der Waals surface area contributed by atoms with Crippen LogP contribution in [-0.4, -0.2) is 12.6 Å². The van der Waals surface area contributed by atoms with Crippen molar-refractivity contribution in [1.29, 1.82) is 0 Å². The summed E-state index contributed by atoms with van der Waals surface area (Å²) in [5, 5.41) is 0. The molecule has 0 aliphatic heterocycles. The summed E-state index contributed by atoms with van der Waals surface area (Å²) in [6, 6.07) is 0. The van der Waals surface area contributed by atoms with E-state index in [-0.39, 0.29) is 5.97 Å². The predicted octanol–water partition coefficient (Wildman–Crippen LogP) is 8.31. The second-order valence-corrected chi connectivity index (χ2v) is 7.72. The van der Waals surface area contributed by atoms with Gasteiger partial charge in [-0.05, 0) is 25.7 Å². The lowest BCUT2D eigenvalue weighted by atomic mass is 10.0. The van der Waals surface area contributed by atoms with Gasteiger partial charge in [-0.1, -0.05) is 116 Å². The third-order valence-electron chi connectivity index (χ3n) is 5.05. The largest absolute Gasteiger partial charge is 0.463 e. The number of hydrogen-bond acceptors (Lipinski definition) is 2. The number of hydrogen-bond donors (Lipinski definition) is 0. The number of ether oxygens (including phenoxy) is 1. The molecule has 0 radical (unpaired) electrons. The summed E-state index contributed by atoms with van der Waals surface area (Å²) in [5.41, 5.74) is 0. The van der Waals surface area contributed by atoms with Gasteiger partial charge in [-0.15, -0.1) is 0 Å². The van der Waals surface area contributed by atoms with Crippen LogP contribution in [0.4, 0.5) is 0 Å². The Balaban J connectivity index is 3.05. The van der Waals surface area contributed by atoms with Gasteiger partial charge in [0.25, 0.3) is 0 Å². The van der Waals surface area contributed by atoms with E-state index >= 15 is 0 Å². The van der Waals surface area contributed by atoms with Crippen LogP contribution in [0.1, 0.15) is 122 Å². The highest BCUT2D eigenvalue weighted by Crippen LogP contribution is 2.14. The van der Waals surface area contributed by atoms with Gasteiger partial charge in [0, 0.05) is 6.08 Å². The van der Waals surface area contributed by atoms with Crippen molar-refractivity contribution >= 4 is 5.97 Å². The highest BCUT2D eigenvalue weighted by atomic mass is 16.5. The number of carbonyl (C=O) groups is 1. The molecule has 0 saturated heterocycles. The lowest BCUT2D eigenvalue weighted by Crippen LogP contribution is -2.01. The fraction of sp³-hybridized carbons (Fsp3) is 0.800. The van der Waals surface area contributed by atoms with Gasteiger partial charge in [-0.25, -0.2) is 4.79 Å². The topological polar surface area (TPSA) is 26.3 Å². The molecule has 0 N–H and O–H groups in total. The van der Waals surface area contributed by atoms with Crippen molar-refractivity contribution in [3.05, 3.63) is 24.8 Å². The normalized spacial score (nSPS) is 11.1. The molecule has 0 aliphatic carbocycles. The Bertz CT molecular complexity index is 346. The smallest absolute Gasteiger partial charge is 0.330 e. The molecule has 2 heteroatoms. The quantitative estimate of drug-likeness (QED) is 0.0868. The molecule has 0 amide bonds. The van der Waals surface area contributed by atoms with Crippen LogP contribution in [0, 0.1) is 0 Å². The van der Waals surface area contributed by atoms with Crippen LogP contribution in [0.25, 0.3) is 0 Å². The van der Waals surface area contributed by atoms with Crippen LogP contribution in [-0.2, 0) is 9.53 Å². The Labute approximate surface area is 169 Å². The van der Waals surface area contributed by atoms with Crippen molar-refractivity contribution in [2.24, 2.45) is 0 Å². The fourth-order valence-corrected chi connectivity index (χ4v) is 3.30. The lowest BCUT2D eigenvalue weighted by Gasteiger charge is -2.04. The molecule has 0 atom stereocenters. The maximum absolute atomic E-state index is 10.9. The van der Waals surface area contributed by atoms with Gasteiger partial charge in [0.15, 0.2) is 0 Å². The summed E-state index contributed by atoms with van der Waals surface area (Å²) in [4.78, 5) is 10.9. The molecule has 0 aromatic rings. The molecule has 2 nitrogen and oxygen atoms in total. The number of esters is 1. The molecule has 0 heterocycles. The van der Waals surface area contributed by atoms with Gasteiger partial charge in [0.1, 0.15) is 0 Å². The zero-order valence-electron chi connectivity index (χ0n) is 18.2. The second-order valence-electron chi connectivity index (χ2n) is 7.72. The zero-order chi connectivity index (χ0) is 19.8. The minimum absolute atomic E-state index is 0.301. The molecule has 0 unspecified atom stereocenters. The predicted molar refractivity (Wildman–Crippen MR) is 119 cm³/mol. The van der Waals surface area contributed by atoms with E-state index in [1.165, 1.54) is 115 Å². The monoisotopic (exact) mass is 378 g/mol. The number of carbonyl (C=O) groups excluding carboxylic acids is 1. The van der Waals surface area contributed by atoms with Crippen LogP contribution in [0.2, 0.25) is 0 Å². The van der Waals surface area contributed by atoms with Crippen LogP contribution >= 0.6 is 0 Å². The Hall–Kier alpha value is -1.05. The number of allylic oxidation sites excluding steroid dienone is 2. The Morgan fingerprint density at radius 2 is 1.07 bits per heavy atom. The van der Waals surface area contributed by atoms with Gasteiger partial charge in [-0.2, -0.15) is 0 Å². The van der Waals surface area contributed by atoms with Gasteiger partial charge >= 0.3 is 5.97 Å². The standard InChI is InChI=1S/C25H46O2/c1-3-5-6-7-8-9-10-11-12-13-14-15-16-17-18-19-20-21-22-23-24-27-25(26)4-2/h4,6-7H,2-3,5,8-24H2,1H3/b7-6+. The summed E-state index contributed by atoms with van der Waals surface area (Å²) in [6.07, 6.45) is 30.0. The molecule has 0 rings (SSSR count). The van der Waals surface area contributed by atoms with Gasteiger partial charge < -0.3 is 4.74 Å². The minimum atomic E-state index is -0.301. The van der Waals surface area contributed by atoms with E-state index in [0.717, 1.165) is 6.42 Å². The first-order valence-electron chi connectivity index (χ1n) is 11.8. The highest BCUT2D eigenvalue weighted by Gasteiger charge is 1.96. The van der Waals surface area contributed by atoms with E-state index in [2.05, 4.69) is 25.7 Å². The Morgan fingerprint density at radius 3 is 1.52 bits per heavy atom. The molecule has 0 aromatic heterocycles. The van der Waals surface area contributed by atoms with E-state index in [1.807, 2.05) is 0 Å². The number of rotatable bonds is 21. The molecular formula is C25H46O2. The van der Waals surface area contributed by atoms with E-state index in [0.29, 0.717) is 6.61 Å². The molecule has 0 aromatic carbocycles. The maximum atomic E-state index is 10.9. The summed E-state index contributed by atoms with van der Waals surface area (Å²) in [6.45, 7) is 6.17. The Kier molecular flexibility index (Phi) is 22.1. The van der Waals surface area contributed by atoms with Crippen LogP contribution in [0.3, 0.4) is 0 Å². The third kappa shape index (κ3) is 22.9. The van der Waals surface area contributed by atoms with E-state index in [1.54, 1.807) is 0 Å². The summed E-state index contributed by atoms with van der Waals surface area (Å²) < 4.78 is 4.97. The van der Waals surface area contributed by atoms with Crippen molar-refractivity contribution in [3.63, 3.8) is 0 Å². The fourth-order valence-electron chi connectivity index (χ4n) is 3.30. The van der Waals surface area contributed by atoms with Gasteiger partial charge in [0.05, 0.1) is 6.61 Å². The van der Waals surface area contributed by atoms with Crippen LogP contribution < -0.4 is 0 Å². The molecule has 0 aliphatic rings. The van der Waals surface area contributed by atoms with Crippen molar-refractivity contribution in [3.8, 4) is 0 Å². The van der Waals surface area contributed by atoms with Crippen LogP contribution in [0.5, 0.6) is 0 Å². The number of unbranched alkanes of at least 4 members (excludes halogenated alkanes) is 16. The summed E-state index contributed by atoms with van der Waals surface area (Å²) in [5.74, 6) is -0.301. The highest BCUT2D eigenvalue weighted by molar-refractivity contribution is 5.81. The van der Waals surface area contributed by atoms with E-state index in [4.69, 9.17) is 4.74 Å². The second kappa shape index (κ2) is 23.0.